The van der Waals surface area contributed by atoms with E-state index in [4.69, 9.17) is 10.9 Å². The number of nitrogens with zero attached hydrogens (tertiary/aromatic N) is 3. The lowest BCUT2D eigenvalue weighted by atomic mass is 10.1. The summed E-state index contributed by atoms with van der Waals surface area (Å²) in [5, 5.41) is 11.9. The summed E-state index contributed by atoms with van der Waals surface area (Å²) in [7, 11) is 0. The Morgan fingerprint density at radius 2 is 1.19 bits per heavy atom. The first-order valence-corrected chi connectivity index (χ1v) is 11.7. The van der Waals surface area contributed by atoms with Gasteiger partial charge in [-0.05, 0) is 49.9 Å². The molecule has 3 N–H and O–H groups in total. The van der Waals surface area contributed by atoms with Gasteiger partial charge in [0.2, 0.25) is 0 Å². The van der Waals surface area contributed by atoms with Crippen LogP contribution in [-0.2, 0) is 12.8 Å². The SMILES string of the molecule is NC1CCN(CCc2ccccc2)CC1.ON=C1CCN(CCc2ccccc2)CC1. The molecule has 0 saturated carbocycles. The smallest absolute Gasteiger partial charge is 0.0596 e. The summed E-state index contributed by atoms with van der Waals surface area (Å²) >= 11 is 0. The highest BCUT2D eigenvalue weighted by molar-refractivity contribution is 5.84. The number of oxime groups is 1. The summed E-state index contributed by atoms with van der Waals surface area (Å²) in [6.07, 6.45) is 6.41. The van der Waals surface area contributed by atoms with Crippen molar-refractivity contribution >= 4 is 5.71 Å². The van der Waals surface area contributed by atoms with Crippen LogP contribution < -0.4 is 5.73 Å². The quantitative estimate of drug-likeness (QED) is 0.549. The number of nitrogens with two attached hydrogens (primary N) is 1. The highest BCUT2D eigenvalue weighted by Crippen LogP contribution is 2.10. The zero-order valence-corrected chi connectivity index (χ0v) is 18.7. The zero-order valence-electron chi connectivity index (χ0n) is 18.7. The predicted molar refractivity (Wildman–Crippen MR) is 129 cm³/mol. The molecule has 0 spiro atoms. The second-order valence-corrected chi connectivity index (χ2v) is 8.66. The van der Waals surface area contributed by atoms with E-state index in [-0.39, 0.29) is 0 Å². The second kappa shape index (κ2) is 13.3. The Balaban J connectivity index is 0.000000176. The van der Waals surface area contributed by atoms with E-state index in [2.05, 4.69) is 69.6 Å². The maximum Gasteiger partial charge on any atom is 0.0596 e. The number of rotatable bonds is 6. The fourth-order valence-corrected chi connectivity index (χ4v) is 4.18. The average molecular weight is 423 g/mol. The molecule has 0 atom stereocenters. The Kier molecular flexibility index (Phi) is 10.0. The molecule has 4 rings (SSSR count). The van der Waals surface area contributed by atoms with Crippen LogP contribution in [0.2, 0.25) is 0 Å². The van der Waals surface area contributed by atoms with Gasteiger partial charge in [0.1, 0.15) is 0 Å². The molecule has 2 aromatic carbocycles. The van der Waals surface area contributed by atoms with Crippen LogP contribution in [0.15, 0.2) is 65.8 Å². The minimum Gasteiger partial charge on any atom is -0.411 e. The van der Waals surface area contributed by atoms with E-state index in [1.807, 2.05) is 6.07 Å². The average Bonchev–Trinajstić information content (AvgIpc) is 2.84. The van der Waals surface area contributed by atoms with Crippen LogP contribution in [0.4, 0.5) is 0 Å². The van der Waals surface area contributed by atoms with Gasteiger partial charge in [-0.1, -0.05) is 65.8 Å². The molecule has 2 heterocycles. The van der Waals surface area contributed by atoms with Crippen molar-refractivity contribution in [2.75, 3.05) is 39.3 Å². The normalized spacial score (nSPS) is 18.3. The molecule has 2 aromatic rings. The first-order valence-electron chi connectivity index (χ1n) is 11.7. The van der Waals surface area contributed by atoms with Crippen molar-refractivity contribution in [1.82, 2.24) is 9.80 Å². The van der Waals surface area contributed by atoms with E-state index >= 15 is 0 Å². The standard InChI is InChI=1S/C13H18N2O.C13H20N2/c16-14-13-7-10-15(11-8-13)9-6-12-4-2-1-3-5-12;14-13-7-10-15(11-8-13)9-6-12-4-2-1-3-5-12/h1-5,16H,6-11H2;1-5,13H,6-11,14H2. The van der Waals surface area contributed by atoms with Gasteiger partial charge < -0.3 is 20.7 Å². The molecule has 0 bridgehead atoms. The molecule has 31 heavy (non-hydrogen) atoms. The topological polar surface area (TPSA) is 65.1 Å². The van der Waals surface area contributed by atoms with Crippen molar-refractivity contribution in [2.45, 2.75) is 44.6 Å². The van der Waals surface area contributed by atoms with Gasteiger partial charge in [-0.15, -0.1) is 0 Å². The van der Waals surface area contributed by atoms with E-state index in [0.29, 0.717) is 6.04 Å². The molecule has 0 radical (unpaired) electrons. The molecule has 5 heteroatoms. The molecule has 0 amide bonds. The molecule has 0 aromatic heterocycles. The molecular weight excluding hydrogens is 384 g/mol. The zero-order chi connectivity index (χ0) is 21.7. The number of hydrogen-bond acceptors (Lipinski definition) is 5. The monoisotopic (exact) mass is 422 g/mol. The van der Waals surface area contributed by atoms with E-state index in [1.54, 1.807) is 0 Å². The fraction of sp³-hybridized carbons (Fsp3) is 0.500. The summed E-state index contributed by atoms with van der Waals surface area (Å²) < 4.78 is 0. The van der Waals surface area contributed by atoms with Crippen LogP contribution in [0.25, 0.3) is 0 Å². The summed E-state index contributed by atoms with van der Waals surface area (Å²) in [4.78, 5) is 4.96. The predicted octanol–water partition coefficient (Wildman–Crippen LogP) is 3.81. The maximum atomic E-state index is 8.65. The lowest BCUT2D eigenvalue weighted by molar-refractivity contribution is 0.215. The first kappa shape index (κ1) is 23.5. The van der Waals surface area contributed by atoms with Gasteiger partial charge in [0, 0.05) is 45.1 Å². The lowest BCUT2D eigenvalue weighted by Crippen LogP contribution is -2.40. The maximum absolute atomic E-state index is 8.65. The fourth-order valence-electron chi connectivity index (χ4n) is 4.18. The second-order valence-electron chi connectivity index (χ2n) is 8.66. The third kappa shape index (κ3) is 8.82. The van der Waals surface area contributed by atoms with Crippen LogP contribution in [0, 0.1) is 0 Å². The van der Waals surface area contributed by atoms with E-state index in [9.17, 15) is 0 Å². The summed E-state index contributed by atoms with van der Waals surface area (Å²) in [5.74, 6) is 0. The highest BCUT2D eigenvalue weighted by Gasteiger charge is 2.15. The molecule has 2 saturated heterocycles. The van der Waals surface area contributed by atoms with Crippen LogP contribution >= 0.6 is 0 Å². The van der Waals surface area contributed by atoms with Gasteiger partial charge in [0.15, 0.2) is 0 Å². The van der Waals surface area contributed by atoms with Gasteiger partial charge in [0.25, 0.3) is 0 Å². The first-order chi connectivity index (χ1) is 15.2. The lowest BCUT2D eigenvalue weighted by Gasteiger charge is -2.29. The van der Waals surface area contributed by atoms with Crippen molar-refractivity contribution in [2.24, 2.45) is 10.9 Å². The van der Waals surface area contributed by atoms with Crippen molar-refractivity contribution < 1.29 is 5.21 Å². The minimum atomic E-state index is 0.443. The van der Waals surface area contributed by atoms with Crippen LogP contribution in [0.5, 0.6) is 0 Å². The number of hydrogen-bond donors (Lipinski definition) is 2. The molecule has 2 aliphatic heterocycles. The van der Waals surface area contributed by atoms with Crippen LogP contribution in [0.3, 0.4) is 0 Å². The molecule has 0 aliphatic carbocycles. The van der Waals surface area contributed by atoms with E-state index in [1.165, 1.54) is 30.8 Å². The highest BCUT2D eigenvalue weighted by atomic mass is 16.4. The van der Waals surface area contributed by atoms with Gasteiger partial charge >= 0.3 is 0 Å². The van der Waals surface area contributed by atoms with Gasteiger partial charge in [-0.25, -0.2) is 0 Å². The largest absolute Gasteiger partial charge is 0.411 e. The molecule has 2 fully saturated rings. The van der Waals surface area contributed by atoms with Crippen LogP contribution in [0.1, 0.15) is 36.8 Å². The van der Waals surface area contributed by atoms with Gasteiger partial charge in [0.05, 0.1) is 5.71 Å². The molecule has 5 nitrogen and oxygen atoms in total. The van der Waals surface area contributed by atoms with Crippen molar-refractivity contribution in [1.29, 1.82) is 0 Å². The molecule has 0 unspecified atom stereocenters. The van der Waals surface area contributed by atoms with Gasteiger partial charge in [-0.2, -0.15) is 0 Å². The summed E-state index contributed by atoms with van der Waals surface area (Å²) in [6.45, 7) is 6.67. The third-order valence-electron chi connectivity index (χ3n) is 6.33. The van der Waals surface area contributed by atoms with E-state index < -0.39 is 0 Å². The molecule has 168 valence electrons. The van der Waals surface area contributed by atoms with Crippen molar-refractivity contribution in [3.63, 3.8) is 0 Å². The van der Waals surface area contributed by atoms with E-state index in [0.717, 1.165) is 63.9 Å². The number of piperidine rings is 2. The number of likely N-dealkylation sites (tertiary alicyclic amines) is 2. The Hall–Kier alpha value is -2.21. The van der Waals surface area contributed by atoms with Crippen LogP contribution in [-0.4, -0.2) is 66.0 Å². The number of benzene rings is 2. The van der Waals surface area contributed by atoms with Gasteiger partial charge in [-0.3, -0.25) is 0 Å². The molecular formula is C26H38N4O. The van der Waals surface area contributed by atoms with Crippen molar-refractivity contribution in [3.05, 3.63) is 71.8 Å². The third-order valence-corrected chi connectivity index (χ3v) is 6.33. The molecule has 2 aliphatic rings. The van der Waals surface area contributed by atoms with Crippen molar-refractivity contribution in [3.8, 4) is 0 Å². The Morgan fingerprint density at radius 3 is 1.65 bits per heavy atom. The summed E-state index contributed by atoms with van der Waals surface area (Å²) in [6, 6.07) is 21.7. The Morgan fingerprint density at radius 1 is 0.742 bits per heavy atom. The summed E-state index contributed by atoms with van der Waals surface area (Å²) in [5.41, 5.74) is 9.65. The minimum absolute atomic E-state index is 0.443. The Labute approximate surface area is 187 Å². The Bertz CT molecular complexity index is 747.